The number of sulfonamides is 1. The lowest BCUT2D eigenvalue weighted by molar-refractivity contribution is -0.385. The summed E-state index contributed by atoms with van der Waals surface area (Å²) >= 11 is 0. The zero-order valence-electron chi connectivity index (χ0n) is 9.95. The molecule has 0 spiro atoms. The summed E-state index contributed by atoms with van der Waals surface area (Å²) in [6, 6.07) is 3.50. The Bertz CT molecular complexity index is 553. The first-order valence-electron chi connectivity index (χ1n) is 5.17. The summed E-state index contributed by atoms with van der Waals surface area (Å²) < 4.78 is 25.9. The monoisotopic (exact) mass is 274 g/mol. The lowest BCUT2D eigenvalue weighted by Gasteiger charge is -2.10. The molecule has 0 aliphatic heterocycles. The van der Waals surface area contributed by atoms with Gasteiger partial charge >= 0.3 is 0 Å². The topological polar surface area (TPSA) is 110 Å². The molecule has 1 aromatic carbocycles. The van der Waals surface area contributed by atoms with Crippen molar-refractivity contribution in [3.8, 4) is 0 Å². The predicted octanol–water partition coefficient (Wildman–Crippen LogP) is 0.562. The van der Waals surface area contributed by atoms with E-state index in [9.17, 15) is 18.5 Å². The van der Waals surface area contributed by atoms with Crippen molar-refractivity contribution in [3.05, 3.63) is 33.9 Å². The number of aliphatic hydroxyl groups excluding tert-OH is 1. The number of aryl methyl sites for hydroxylation is 1. The van der Waals surface area contributed by atoms with E-state index in [0.717, 1.165) is 6.07 Å². The van der Waals surface area contributed by atoms with Gasteiger partial charge in [0.25, 0.3) is 5.69 Å². The quantitative estimate of drug-likeness (QED) is 0.602. The average molecular weight is 274 g/mol. The number of rotatable bonds is 5. The van der Waals surface area contributed by atoms with Crippen molar-refractivity contribution in [2.75, 3.05) is 6.54 Å². The lowest BCUT2D eigenvalue weighted by Crippen LogP contribution is -2.31. The molecule has 8 heteroatoms. The van der Waals surface area contributed by atoms with Crippen LogP contribution in [0.2, 0.25) is 0 Å². The molecule has 0 heterocycles. The van der Waals surface area contributed by atoms with Gasteiger partial charge in [-0.1, -0.05) is 0 Å². The van der Waals surface area contributed by atoms with E-state index < -0.39 is 21.1 Å². The third kappa shape index (κ3) is 3.49. The highest BCUT2D eigenvalue weighted by Crippen LogP contribution is 2.20. The van der Waals surface area contributed by atoms with Crippen LogP contribution in [0, 0.1) is 17.0 Å². The molecular weight excluding hydrogens is 260 g/mol. The first kappa shape index (κ1) is 14.6. The Morgan fingerprint density at radius 2 is 2.11 bits per heavy atom. The molecule has 0 amide bonds. The van der Waals surface area contributed by atoms with Crippen molar-refractivity contribution in [2.45, 2.75) is 24.8 Å². The minimum Gasteiger partial charge on any atom is -0.392 e. The SMILES string of the molecule is Cc1cc([N+](=O)[O-])ccc1S(=O)(=O)NCC(C)O. The maximum absolute atomic E-state index is 11.8. The fourth-order valence-corrected chi connectivity index (χ4v) is 2.70. The van der Waals surface area contributed by atoms with Gasteiger partial charge in [-0.2, -0.15) is 0 Å². The fraction of sp³-hybridized carbons (Fsp3) is 0.400. The van der Waals surface area contributed by atoms with E-state index in [2.05, 4.69) is 4.72 Å². The van der Waals surface area contributed by atoms with E-state index in [4.69, 9.17) is 5.11 Å². The second-order valence-electron chi connectivity index (χ2n) is 3.91. The maximum Gasteiger partial charge on any atom is 0.269 e. The summed E-state index contributed by atoms with van der Waals surface area (Å²) in [5, 5.41) is 19.6. The number of non-ortho nitro benzene ring substituents is 1. The highest BCUT2D eigenvalue weighted by molar-refractivity contribution is 7.89. The number of nitro groups is 1. The number of nitrogens with one attached hydrogen (secondary N) is 1. The first-order chi connectivity index (χ1) is 8.24. The van der Waals surface area contributed by atoms with E-state index in [1.54, 1.807) is 0 Å². The molecule has 1 unspecified atom stereocenters. The molecule has 1 aromatic rings. The van der Waals surface area contributed by atoms with Crippen molar-refractivity contribution in [1.82, 2.24) is 4.72 Å². The smallest absolute Gasteiger partial charge is 0.269 e. The molecule has 1 rings (SSSR count). The van der Waals surface area contributed by atoms with Crippen LogP contribution in [-0.2, 0) is 10.0 Å². The van der Waals surface area contributed by atoms with Gasteiger partial charge in [-0.15, -0.1) is 0 Å². The zero-order valence-corrected chi connectivity index (χ0v) is 10.8. The molecule has 18 heavy (non-hydrogen) atoms. The van der Waals surface area contributed by atoms with Gasteiger partial charge in [0.15, 0.2) is 0 Å². The molecule has 0 saturated carbocycles. The van der Waals surface area contributed by atoms with Crippen molar-refractivity contribution in [2.24, 2.45) is 0 Å². The average Bonchev–Trinajstić information content (AvgIpc) is 2.26. The molecule has 7 nitrogen and oxygen atoms in total. The van der Waals surface area contributed by atoms with Gasteiger partial charge < -0.3 is 5.11 Å². The summed E-state index contributed by atoms with van der Waals surface area (Å²) in [7, 11) is -3.76. The molecule has 2 N–H and O–H groups in total. The first-order valence-corrected chi connectivity index (χ1v) is 6.65. The summed E-state index contributed by atoms with van der Waals surface area (Å²) in [6.07, 6.45) is -0.807. The number of hydrogen-bond donors (Lipinski definition) is 2. The molecule has 0 aromatic heterocycles. The zero-order chi connectivity index (χ0) is 13.9. The number of aliphatic hydroxyl groups is 1. The molecule has 0 aliphatic carbocycles. The summed E-state index contributed by atoms with van der Waals surface area (Å²) in [4.78, 5) is 9.91. The van der Waals surface area contributed by atoms with Crippen molar-refractivity contribution < 1.29 is 18.4 Å². The van der Waals surface area contributed by atoms with Gasteiger partial charge in [0.2, 0.25) is 10.0 Å². The third-order valence-electron chi connectivity index (χ3n) is 2.23. The van der Waals surface area contributed by atoms with Gasteiger partial charge in [-0.3, -0.25) is 10.1 Å². The van der Waals surface area contributed by atoms with Crippen molar-refractivity contribution in [3.63, 3.8) is 0 Å². The lowest BCUT2D eigenvalue weighted by atomic mass is 10.2. The largest absolute Gasteiger partial charge is 0.392 e. The predicted molar refractivity (Wildman–Crippen MR) is 64.7 cm³/mol. The van der Waals surface area contributed by atoms with Crippen LogP contribution in [0.5, 0.6) is 0 Å². The molecule has 0 fully saturated rings. The Labute approximate surface area is 105 Å². The van der Waals surface area contributed by atoms with Crippen LogP contribution in [0.4, 0.5) is 5.69 Å². The van der Waals surface area contributed by atoms with Crippen LogP contribution in [0.15, 0.2) is 23.1 Å². The second-order valence-corrected chi connectivity index (χ2v) is 5.64. The molecular formula is C10H14N2O5S. The molecule has 0 radical (unpaired) electrons. The van der Waals surface area contributed by atoms with Crippen LogP contribution in [-0.4, -0.2) is 31.1 Å². The minimum absolute atomic E-state index is 0.0336. The molecule has 0 bridgehead atoms. The van der Waals surface area contributed by atoms with Crippen LogP contribution in [0.1, 0.15) is 12.5 Å². The number of nitrogens with zero attached hydrogens (tertiary/aromatic N) is 1. The van der Waals surface area contributed by atoms with Gasteiger partial charge in [-0.05, 0) is 25.5 Å². The van der Waals surface area contributed by atoms with E-state index in [1.165, 1.54) is 26.0 Å². The highest BCUT2D eigenvalue weighted by atomic mass is 32.2. The summed E-state index contributed by atoms with van der Waals surface area (Å²) in [5.74, 6) is 0. The third-order valence-corrected chi connectivity index (χ3v) is 3.81. The van der Waals surface area contributed by atoms with Gasteiger partial charge in [0.1, 0.15) is 0 Å². The normalized spacial score (nSPS) is 13.3. The minimum atomic E-state index is -3.76. The van der Waals surface area contributed by atoms with Gasteiger partial charge in [0, 0.05) is 18.7 Å². The molecule has 100 valence electrons. The Balaban J connectivity index is 3.06. The Morgan fingerprint density at radius 1 is 1.50 bits per heavy atom. The van der Waals surface area contributed by atoms with E-state index in [0.29, 0.717) is 0 Å². The van der Waals surface area contributed by atoms with Crippen molar-refractivity contribution in [1.29, 1.82) is 0 Å². The fourth-order valence-electron chi connectivity index (χ4n) is 1.36. The van der Waals surface area contributed by atoms with Crippen LogP contribution >= 0.6 is 0 Å². The Hall–Kier alpha value is -1.51. The summed E-state index contributed by atoms with van der Waals surface area (Å²) in [6.45, 7) is 2.81. The van der Waals surface area contributed by atoms with E-state index in [1.807, 2.05) is 0 Å². The van der Waals surface area contributed by atoms with Gasteiger partial charge in [0.05, 0.1) is 15.9 Å². The van der Waals surface area contributed by atoms with Crippen LogP contribution in [0.3, 0.4) is 0 Å². The molecule has 0 saturated heterocycles. The number of nitro benzene ring substituents is 1. The van der Waals surface area contributed by atoms with E-state index >= 15 is 0 Å². The standard InChI is InChI=1S/C10H14N2O5S/c1-7-5-9(12(14)15)3-4-10(7)18(16,17)11-6-8(2)13/h3-5,8,11,13H,6H2,1-2H3. The summed E-state index contributed by atoms with van der Waals surface area (Å²) in [5.41, 5.74) is 0.115. The molecule has 1 atom stereocenters. The maximum atomic E-state index is 11.8. The highest BCUT2D eigenvalue weighted by Gasteiger charge is 2.19. The Morgan fingerprint density at radius 3 is 2.56 bits per heavy atom. The van der Waals surface area contributed by atoms with Gasteiger partial charge in [-0.25, -0.2) is 13.1 Å². The van der Waals surface area contributed by atoms with Crippen molar-refractivity contribution >= 4 is 15.7 Å². The molecule has 0 aliphatic rings. The Kier molecular flexibility index (Phi) is 4.38. The van der Waals surface area contributed by atoms with E-state index in [-0.39, 0.29) is 22.7 Å². The second kappa shape index (κ2) is 5.42. The number of benzene rings is 1. The number of hydrogen-bond acceptors (Lipinski definition) is 5. The van der Waals surface area contributed by atoms with Crippen LogP contribution < -0.4 is 4.72 Å². The van der Waals surface area contributed by atoms with Crippen LogP contribution in [0.25, 0.3) is 0 Å².